The van der Waals surface area contributed by atoms with Crippen molar-refractivity contribution in [3.05, 3.63) is 35.1 Å². The molecule has 3 nitrogen and oxygen atoms in total. The quantitative estimate of drug-likeness (QED) is 0.820. The Kier molecular flexibility index (Phi) is 3.66. The van der Waals surface area contributed by atoms with Gasteiger partial charge in [-0.1, -0.05) is 19.9 Å². The summed E-state index contributed by atoms with van der Waals surface area (Å²) in [7, 11) is 0. The van der Waals surface area contributed by atoms with Gasteiger partial charge < -0.3 is 5.11 Å². The van der Waals surface area contributed by atoms with Crippen molar-refractivity contribution in [3.8, 4) is 0 Å². The minimum atomic E-state index is -1.45. The van der Waals surface area contributed by atoms with Gasteiger partial charge in [0, 0.05) is 6.42 Å². The Labute approximate surface area is 99.3 Å². The Morgan fingerprint density at radius 3 is 2.47 bits per heavy atom. The molecule has 1 rings (SSSR count). The van der Waals surface area contributed by atoms with Gasteiger partial charge in [-0.2, -0.15) is 0 Å². The van der Waals surface area contributed by atoms with E-state index in [2.05, 4.69) is 0 Å². The largest absolute Gasteiger partial charge is 0.476 e. The summed E-state index contributed by atoms with van der Waals surface area (Å²) in [6.45, 7) is 5.27. The van der Waals surface area contributed by atoms with Gasteiger partial charge in [0.1, 0.15) is 5.82 Å². The van der Waals surface area contributed by atoms with Crippen molar-refractivity contribution in [2.45, 2.75) is 32.6 Å². The molecular formula is C13H15FO3. The van der Waals surface area contributed by atoms with Gasteiger partial charge in [0.05, 0.1) is 0 Å². The molecule has 0 bridgehead atoms. The maximum atomic E-state index is 13.2. The smallest absolute Gasteiger partial charge is 0.372 e. The number of benzene rings is 1. The van der Waals surface area contributed by atoms with Crippen LogP contribution in [0.3, 0.4) is 0 Å². The van der Waals surface area contributed by atoms with Gasteiger partial charge in [-0.25, -0.2) is 9.18 Å². The molecule has 92 valence electrons. The number of rotatable bonds is 4. The highest BCUT2D eigenvalue weighted by Crippen LogP contribution is 2.30. The van der Waals surface area contributed by atoms with Crippen LogP contribution in [0.4, 0.5) is 4.39 Å². The first-order valence-corrected chi connectivity index (χ1v) is 5.27. The van der Waals surface area contributed by atoms with Crippen molar-refractivity contribution in [1.29, 1.82) is 0 Å². The van der Waals surface area contributed by atoms with Gasteiger partial charge in [-0.15, -0.1) is 0 Å². The van der Waals surface area contributed by atoms with Crippen molar-refractivity contribution in [2.24, 2.45) is 0 Å². The SMILES string of the molecule is Cc1ccc(F)cc1C(C)(C)CC(=O)C(=O)O. The van der Waals surface area contributed by atoms with Crippen LogP contribution < -0.4 is 0 Å². The van der Waals surface area contributed by atoms with Crippen LogP contribution in [-0.4, -0.2) is 16.9 Å². The number of carboxylic acids is 1. The van der Waals surface area contributed by atoms with Gasteiger partial charge in [0.2, 0.25) is 5.78 Å². The number of ketones is 1. The summed E-state index contributed by atoms with van der Waals surface area (Å²) in [6.07, 6.45) is -0.146. The van der Waals surface area contributed by atoms with E-state index in [0.717, 1.165) is 5.56 Å². The topological polar surface area (TPSA) is 54.4 Å². The van der Waals surface area contributed by atoms with Crippen molar-refractivity contribution < 1.29 is 19.1 Å². The van der Waals surface area contributed by atoms with E-state index in [1.165, 1.54) is 12.1 Å². The lowest BCUT2D eigenvalue weighted by Gasteiger charge is -2.25. The van der Waals surface area contributed by atoms with E-state index in [-0.39, 0.29) is 12.2 Å². The monoisotopic (exact) mass is 238 g/mol. The van der Waals surface area contributed by atoms with Crippen LogP contribution in [0.5, 0.6) is 0 Å². The molecule has 0 aliphatic carbocycles. The summed E-state index contributed by atoms with van der Waals surface area (Å²) >= 11 is 0. The normalized spacial score (nSPS) is 11.3. The van der Waals surface area contributed by atoms with Crippen molar-refractivity contribution >= 4 is 11.8 Å². The summed E-state index contributed by atoms with van der Waals surface area (Å²) in [6, 6.07) is 4.32. The average Bonchev–Trinajstić information content (AvgIpc) is 2.20. The molecule has 0 amide bonds. The van der Waals surface area contributed by atoms with Gasteiger partial charge in [-0.05, 0) is 35.6 Å². The molecule has 0 aliphatic rings. The van der Waals surface area contributed by atoms with E-state index in [1.54, 1.807) is 19.9 Å². The number of carboxylic acid groups (broad SMARTS) is 1. The molecule has 4 heteroatoms. The summed E-state index contributed by atoms with van der Waals surface area (Å²) in [4.78, 5) is 21.8. The third-order valence-electron chi connectivity index (χ3n) is 2.77. The minimum absolute atomic E-state index is 0.146. The Morgan fingerprint density at radius 2 is 1.94 bits per heavy atom. The lowest BCUT2D eigenvalue weighted by atomic mass is 9.78. The van der Waals surface area contributed by atoms with Crippen LogP contribution in [-0.2, 0) is 15.0 Å². The van der Waals surface area contributed by atoms with E-state index in [9.17, 15) is 14.0 Å². The Balaban J connectivity index is 3.08. The lowest BCUT2D eigenvalue weighted by molar-refractivity contribution is -0.149. The molecule has 0 saturated heterocycles. The van der Waals surface area contributed by atoms with Crippen molar-refractivity contribution in [3.63, 3.8) is 0 Å². The number of hydrogen-bond acceptors (Lipinski definition) is 2. The molecule has 0 aliphatic heterocycles. The molecule has 0 fully saturated rings. The van der Waals surface area contributed by atoms with Crippen LogP contribution in [0.1, 0.15) is 31.4 Å². The molecule has 17 heavy (non-hydrogen) atoms. The predicted octanol–water partition coefficient (Wildman–Crippen LogP) is 2.46. The maximum absolute atomic E-state index is 13.2. The standard InChI is InChI=1S/C13H15FO3/c1-8-4-5-9(14)6-10(8)13(2,3)7-11(15)12(16)17/h4-6H,7H2,1-3H3,(H,16,17). The fourth-order valence-corrected chi connectivity index (χ4v) is 1.90. The number of hydrogen-bond donors (Lipinski definition) is 1. The van der Waals surface area contributed by atoms with Gasteiger partial charge in [-0.3, -0.25) is 4.79 Å². The highest BCUT2D eigenvalue weighted by Gasteiger charge is 2.28. The molecule has 0 unspecified atom stereocenters. The highest BCUT2D eigenvalue weighted by molar-refractivity contribution is 6.32. The van der Waals surface area contributed by atoms with E-state index >= 15 is 0 Å². The zero-order chi connectivity index (χ0) is 13.2. The van der Waals surface area contributed by atoms with Crippen molar-refractivity contribution in [2.75, 3.05) is 0 Å². The maximum Gasteiger partial charge on any atom is 0.372 e. The first kappa shape index (κ1) is 13.4. The number of carbonyl (C=O) groups is 2. The van der Waals surface area contributed by atoms with Gasteiger partial charge in [0.15, 0.2) is 0 Å². The summed E-state index contributed by atoms with van der Waals surface area (Å²) in [5.74, 6) is -2.70. The third-order valence-corrected chi connectivity index (χ3v) is 2.77. The molecule has 0 spiro atoms. The molecule has 0 radical (unpaired) electrons. The molecule has 0 heterocycles. The third kappa shape index (κ3) is 3.12. The second kappa shape index (κ2) is 4.65. The van der Waals surface area contributed by atoms with Crippen molar-refractivity contribution in [1.82, 2.24) is 0 Å². The number of aryl methyl sites for hydroxylation is 1. The Hall–Kier alpha value is -1.71. The first-order valence-electron chi connectivity index (χ1n) is 5.27. The summed E-state index contributed by atoms with van der Waals surface area (Å²) in [5.41, 5.74) is 0.809. The molecule has 1 aromatic carbocycles. The van der Waals surface area contributed by atoms with Gasteiger partial charge >= 0.3 is 5.97 Å². The van der Waals surface area contributed by atoms with E-state index in [4.69, 9.17) is 5.11 Å². The molecule has 0 aromatic heterocycles. The number of Topliss-reactive ketones (excluding diaryl/α,β-unsaturated/α-hetero) is 1. The molecule has 1 aromatic rings. The molecule has 0 atom stereocenters. The Bertz CT molecular complexity index is 464. The number of halogens is 1. The second-order valence-electron chi connectivity index (χ2n) is 4.75. The summed E-state index contributed by atoms with van der Waals surface area (Å²) in [5, 5.41) is 8.59. The fourth-order valence-electron chi connectivity index (χ4n) is 1.90. The zero-order valence-corrected chi connectivity index (χ0v) is 10.1. The van der Waals surface area contributed by atoms with E-state index < -0.39 is 17.2 Å². The zero-order valence-electron chi connectivity index (χ0n) is 10.1. The van der Waals surface area contributed by atoms with E-state index in [0.29, 0.717) is 5.56 Å². The Morgan fingerprint density at radius 1 is 1.35 bits per heavy atom. The lowest BCUT2D eigenvalue weighted by Crippen LogP contribution is -2.27. The van der Waals surface area contributed by atoms with Crippen LogP contribution in [0, 0.1) is 12.7 Å². The highest BCUT2D eigenvalue weighted by atomic mass is 19.1. The molecular weight excluding hydrogens is 223 g/mol. The van der Waals surface area contributed by atoms with E-state index in [1.807, 2.05) is 6.92 Å². The number of aliphatic carboxylic acids is 1. The van der Waals surface area contributed by atoms with Crippen LogP contribution in [0.25, 0.3) is 0 Å². The second-order valence-corrected chi connectivity index (χ2v) is 4.75. The average molecular weight is 238 g/mol. The fraction of sp³-hybridized carbons (Fsp3) is 0.385. The molecule has 0 saturated carbocycles. The van der Waals surface area contributed by atoms with Crippen LogP contribution >= 0.6 is 0 Å². The minimum Gasteiger partial charge on any atom is -0.476 e. The van der Waals surface area contributed by atoms with Crippen LogP contribution in [0.2, 0.25) is 0 Å². The number of carbonyl (C=O) groups excluding carboxylic acids is 1. The predicted molar refractivity (Wildman–Crippen MR) is 61.4 cm³/mol. The molecule has 1 N–H and O–H groups in total. The van der Waals surface area contributed by atoms with Crippen LogP contribution in [0.15, 0.2) is 18.2 Å². The first-order chi connectivity index (χ1) is 7.74. The van der Waals surface area contributed by atoms with Gasteiger partial charge in [0.25, 0.3) is 0 Å². The summed E-state index contributed by atoms with van der Waals surface area (Å²) < 4.78 is 13.2.